The minimum Gasteiger partial charge on any atom is -0.367 e. The summed E-state index contributed by atoms with van der Waals surface area (Å²) in [6, 6.07) is 3.28. The maximum Gasteiger partial charge on any atom is 0.274 e. The largest absolute Gasteiger partial charge is 0.367 e. The van der Waals surface area contributed by atoms with Gasteiger partial charge in [0.05, 0.1) is 11.0 Å². The third-order valence-electron chi connectivity index (χ3n) is 4.25. The average Bonchev–Trinajstić information content (AvgIpc) is 2.37. The highest BCUT2D eigenvalue weighted by Gasteiger charge is 2.40. The van der Waals surface area contributed by atoms with Crippen molar-refractivity contribution in [2.24, 2.45) is 0 Å². The van der Waals surface area contributed by atoms with Crippen LogP contribution in [0.5, 0.6) is 0 Å². The van der Waals surface area contributed by atoms with Gasteiger partial charge in [0.25, 0.3) is 5.69 Å². The van der Waals surface area contributed by atoms with Gasteiger partial charge in [0.15, 0.2) is 0 Å². The molecule has 6 heteroatoms. The van der Waals surface area contributed by atoms with Crippen molar-refractivity contribution in [2.45, 2.75) is 43.7 Å². The lowest BCUT2D eigenvalue weighted by molar-refractivity contribution is -0.384. The highest BCUT2D eigenvalue weighted by molar-refractivity contribution is 5.45. The second-order valence-electron chi connectivity index (χ2n) is 5.55. The van der Waals surface area contributed by atoms with Crippen molar-refractivity contribution in [3.8, 4) is 0 Å². The summed E-state index contributed by atoms with van der Waals surface area (Å²) in [7, 11) is 0. The molecule has 2 fully saturated rings. The van der Waals surface area contributed by atoms with Gasteiger partial charge in [-0.25, -0.2) is 4.98 Å². The van der Waals surface area contributed by atoms with E-state index < -0.39 is 0 Å². The van der Waals surface area contributed by atoms with E-state index >= 15 is 0 Å². The molecular formula is C13H18N4O2. The van der Waals surface area contributed by atoms with Gasteiger partial charge in [0.2, 0.25) is 0 Å². The van der Waals surface area contributed by atoms with Gasteiger partial charge >= 0.3 is 0 Å². The van der Waals surface area contributed by atoms with Gasteiger partial charge in [-0.15, -0.1) is 0 Å². The summed E-state index contributed by atoms with van der Waals surface area (Å²) < 4.78 is 0. The van der Waals surface area contributed by atoms with Crippen LogP contribution in [0.4, 0.5) is 11.5 Å². The molecule has 1 aliphatic heterocycles. The molecule has 6 nitrogen and oxygen atoms in total. The fourth-order valence-electron chi connectivity index (χ4n) is 3.09. The van der Waals surface area contributed by atoms with Gasteiger partial charge in [-0.2, -0.15) is 0 Å². The number of nitrogens with zero attached hydrogens (tertiary/aromatic N) is 2. The fourth-order valence-corrected chi connectivity index (χ4v) is 3.09. The molecule has 1 saturated carbocycles. The summed E-state index contributed by atoms with van der Waals surface area (Å²) in [6.07, 6.45) is 7.39. The van der Waals surface area contributed by atoms with Crippen molar-refractivity contribution in [1.82, 2.24) is 10.3 Å². The van der Waals surface area contributed by atoms with Gasteiger partial charge in [-0.05, 0) is 38.6 Å². The fraction of sp³-hybridized carbons (Fsp3) is 0.615. The third kappa shape index (κ3) is 2.53. The molecule has 1 aromatic heterocycles. The predicted molar refractivity (Wildman–Crippen MR) is 72.1 cm³/mol. The maximum atomic E-state index is 10.7. The number of hydrogen-bond donors (Lipinski definition) is 2. The van der Waals surface area contributed by atoms with E-state index in [-0.39, 0.29) is 10.6 Å². The van der Waals surface area contributed by atoms with Crippen LogP contribution < -0.4 is 10.6 Å². The van der Waals surface area contributed by atoms with Crippen LogP contribution in [0.2, 0.25) is 0 Å². The zero-order valence-electron chi connectivity index (χ0n) is 10.8. The normalized spacial score (nSPS) is 24.7. The second kappa shape index (κ2) is 4.77. The van der Waals surface area contributed by atoms with Gasteiger partial charge in [0, 0.05) is 23.8 Å². The first-order chi connectivity index (χ1) is 9.17. The lowest BCUT2D eigenvalue weighted by atomic mass is 9.70. The van der Waals surface area contributed by atoms with E-state index in [1.54, 1.807) is 0 Å². The number of aromatic nitrogens is 1. The summed E-state index contributed by atoms with van der Waals surface area (Å²) in [5.41, 5.74) is 0.404. The monoisotopic (exact) mass is 262 g/mol. The summed E-state index contributed by atoms with van der Waals surface area (Å²) in [5.74, 6) is 0.607. The van der Waals surface area contributed by atoms with Crippen LogP contribution in [-0.4, -0.2) is 28.0 Å². The Labute approximate surface area is 111 Å². The topological polar surface area (TPSA) is 80.1 Å². The van der Waals surface area contributed by atoms with E-state index in [0.29, 0.717) is 17.4 Å². The van der Waals surface area contributed by atoms with Crippen molar-refractivity contribution in [1.29, 1.82) is 0 Å². The van der Waals surface area contributed by atoms with Crippen LogP contribution in [0.25, 0.3) is 0 Å². The quantitative estimate of drug-likeness (QED) is 0.644. The highest BCUT2D eigenvalue weighted by Crippen LogP contribution is 2.38. The summed E-state index contributed by atoms with van der Waals surface area (Å²) in [4.78, 5) is 14.5. The minimum absolute atomic E-state index is 0.0878. The van der Waals surface area contributed by atoms with Crippen molar-refractivity contribution in [3.05, 3.63) is 28.4 Å². The molecule has 1 aromatic rings. The van der Waals surface area contributed by atoms with Crippen molar-refractivity contribution >= 4 is 11.5 Å². The summed E-state index contributed by atoms with van der Waals surface area (Å²) in [6.45, 7) is 1.01. The molecule has 2 heterocycles. The Balaban J connectivity index is 1.67. The lowest BCUT2D eigenvalue weighted by Gasteiger charge is -2.48. The van der Waals surface area contributed by atoms with Gasteiger partial charge in [-0.1, -0.05) is 0 Å². The lowest BCUT2D eigenvalue weighted by Crippen LogP contribution is -2.58. The Morgan fingerprint density at radius 3 is 3.05 bits per heavy atom. The van der Waals surface area contributed by atoms with Crippen molar-refractivity contribution in [3.63, 3.8) is 0 Å². The molecule has 102 valence electrons. The van der Waals surface area contributed by atoms with E-state index in [4.69, 9.17) is 0 Å². The molecule has 0 radical (unpaired) electrons. The molecule has 0 amide bonds. The number of nitro groups is 1. The van der Waals surface area contributed by atoms with Crippen LogP contribution >= 0.6 is 0 Å². The number of piperidine rings is 1. The molecule has 1 atom stereocenters. The van der Waals surface area contributed by atoms with E-state index in [1.807, 2.05) is 0 Å². The molecule has 1 aliphatic carbocycles. The van der Waals surface area contributed by atoms with Crippen LogP contribution in [0.1, 0.15) is 32.1 Å². The molecule has 0 aromatic carbocycles. The highest BCUT2D eigenvalue weighted by atomic mass is 16.6. The van der Waals surface area contributed by atoms with Crippen LogP contribution in [0.3, 0.4) is 0 Å². The zero-order valence-corrected chi connectivity index (χ0v) is 10.8. The summed E-state index contributed by atoms with van der Waals surface area (Å²) >= 11 is 0. The Morgan fingerprint density at radius 2 is 2.37 bits per heavy atom. The van der Waals surface area contributed by atoms with E-state index in [0.717, 1.165) is 19.4 Å². The molecule has 1 spiro atoms. The van der Waals surface area contributed by atoms with Gasteiger partial charge < -0.3 is 10.6 Å². The first-order valence-corrected chi connectivity index (χ1v) is 6.79. The van der Waals surface area contributed by atoms with Crippen molar-refractivity contribution in [2.75, 3.05) is 11.9 Å². The Morgan fingerprint density at radius 1 is 1.53 bits per heavy atom. The molecule has 2 N–H and O–H groups in total. The zero-order chi connectivity index (χ0) is 13.3. The first kappa shape index (κ1) is 12.3. The van der Waals surface area contributed by atoms with E-state index in [9.17, 15) is 10.1 Å². The first-order valence-electron chi connectivity index (χ1n) is 6.79. The van der Waals surface area contributed by atoms with E-state index in [1.165, 1.54) is 37.6 Å². The average molecular weight is 262 g/mol. The molecule has 2 aliphatic rings. The molecule has 19 heavy (non-hydrogen) atoms. The summed E-state index contributed by atoms with van der Waals surface area (Å²) in [5, 5.41) is 17.7. The van der Waals surface area contributed by atoms with Crippen LogP contribution in [-0.2, 0) is 0 Å². The molecule has 0 bridgehead atoms. The van der Waals surface area contributed by atoms with Gasteiger partial charge in [0.1, 0.15) is 5.82 Å². The number of anilines is 1. The smallest absolute Gasteiger partial charge is 0.274 e. The SMILES string of the molecule is O=[N+]([O-])c1ccnc(NC2CCNC3(CCC3)C2)c1. The standard InChI is InChI=1S/C13H18N4O2/c18-17(19)11-3-6-14-12(8-11)16-10-2-7-15-13(9-10)4-1-5-13/h3,6,8,10,15H,1-2,4-5,7,9H2,(H,14,16). The minimum atomic E-state index is -0.386. The number of nitrogens with one attached hydrogen (secondary N) is 2. The van der Waals surface area contributed by atoms with Crippen LogP contribution in [0, 0.1) is 10.1 Å². The second-order valence-corrected chi connectivity index (χ2v) is 5.55. The molecular weight excluding hydrogens is 244 g/mol. The molecule has 1 saturated heterocycles. The van der Waals surface area contributed by atoms with Crippen molar-refractivity contribution < 1.29 is 4.92 Å². The number of hydrogen-bond acceptors (Lipinski definition) is 5. The van der Waals surface area contributed by atoms with Gasteiger partial charge in [-0.3, -0.25) is 10.1 Å². The van der Waals surface area contributed by atoms with E-state index in [2.05, 4.69) is 15.6 Å². The Hall–Kier alpha value is -1.69. The molecule has 3 rings (SSSR count). The Kier molecular flexibility index (Phi) is 3.10. The number of rotatable bonds is 3. The third-order valence-corrected chi connectivity index (χ3v) is 4.25. The predicted octanol–water partition coefficient (Wildman–Crippen LogP) is 2.08. The molecule has 1 unspecified atom stereocenters. The van der Waals surface area contributed by atoms with Crippen LogP contribution in [0.15, 0.2) is 18.3 Å². The maximum absolute atomic E-state index is 10.7. The number of pyridine rings is 1. The Bertz CT molecular complexity index is 487.